The van der Waals surface area contributed by atoms with Crippen molar-refractivity contribution < 1.29 is 0 Å². The van der Waals surface area contributed by atoms with Gasteiger partial charge in [0, 0.05) is 39.5 Å². The first-order valence-corrected chi connectivity index (χ1v) is 26.0. The zero-order valence-electron chi connectivity index (χ0n) is 41.1. The zero-order valence-corrected chi connectivity index (χ0v) is 41.1. The maximum absolute atomic E-state index is 2.51. The highest BCUT2D eigenvalue weighted by atomic mass is 15.1. The fraction of sp³-hybridized carbons (Fsp3) is 0.143. The van der Waals surface area contributed by atoms with E-state index in [0.29, 0.717) is 5.92 Å². The van der Waals surface area contributed by atoms with Crippen LogP contribution < -0.4 is 9.80 Å². The van der Waals surface area contributed by atoms with Crippen LogP contribution in [0.3, 0.4) is 0 Å². The standard InChI is InChI=1S/C70H58N2/c1-70(2)68-29-16-15-28-61(68)62-41-40-60(45-69(62)70)72(59-27-17-22-53(44-59)63-43-48-30-31-54(63)42-48)58-38-34-52(35-39-58)67-47-64(49-18-7-3-8-19-49)66(46-65(67)50-20-9-4-10-21-50)51-32-36-57(37-33-51)71(55-23-11-5-12-24-55)56-25-13-6-14-26-56/h3-29,32-41,44-48,54,63H,30-31,42-43H2,1-2H3. The average Bonchev–Trinajstić information content (AvgIpc) is 4.15. The first-order chi connectivity index (χ1) is 35.4. The third-order valence-corrected chi connectivity index (χ3v) is 16.3. The molecule has 0 saturated heterocycles. The summed E-state index contributed by atoms with van der Waals surface area (Å²) in [6.07, 6.45) is 5.50. The van der Waals surface area contributed by atoms with Crippen molar-refractivity contribution in [2.75, 3.05) is 9.80 Å². The number of hydrogen-bond acceptors (Lipinski definition) is 2. The first-order valence-electron chi connectivity index (χ1n) is 26.0. The van der Waals surface area contributed by atoms with Crippen molar-refractivity contribution in [1.82, 2.24) is 0 Å². The van der Waals surface area contributed by atoms with Gasteiger partial charge in [0.15, 0.2) is 0 Å². The van der Waals surface area contributed by atoms with Gasteiger partial charge in [-0.2, -0.15) is 0 Å². The summed E-state index contributed by atoms with van der Waals surface area (Å²) in [6, 6.07) is 92.2. The largest absolute Gasteiger partial charge is 0.311 e. The Kier molecular flexibility index (Phi) is 11.1. The molecule has 10 aromatic rings. The molecule has 0 heterocycles. The fourth-order valence-electron chi connectivity index (χ4n) is 12.8. The van der Waals surface area contributed by atoms with Gasteiger partial charge in [0.2, 0.25) is 0 Å². The molecule has 0 radical (unpaired) electrons. The van der Waals surface area contributed by atoms with E-state index in [1.165, 1.54) is 109 Å². The molecule has 2 nitrogen and oxygen atoms in total. The zero-order chi connectivity index (χ0) is 48.2. The van der Waals surface area contributed by atoms with Crippen molar-refractivity contribution in [2.24, 2.45) is 11.8 Å². The lowest BCUT2D eigenvalue weighted by Gasteiger charge is -2.30. The topological polar surface area (TPSA) is 6.48 Å². The molecule has 72 heavy (non-hydrogen) atoms. The number of fused-ring (bicyclic) bond motifs is 5. The lowest BCUT2D eigenvalue weighted by Crippen LogP contribution is -2.17. The smallest absolute Gasteiger partial charge is 0.0465 e. The van der Waals surface area contributed by atoms with Gasteiger partial charge in [-0.3, -0.25) is 0 Å². The molecule has 0 spiro atoms. The van der Waals surface area contributed by atoms with Gasteiger partial charge in [-0.05, 0) is 194 Å². The molecule has 10 aromatic carbocycles. The molecule has 348 valence electrons. The van der Waals surface area contributed by atoms with E-state index in [1.807, 2.05) is 0 Å². The number of nitrogens with zero attached hydrogens (tertiary/aromatic N) is 2. The van der Waals surface area contributed by atoms with Crippen LogP contribution in [-0.4, -0.2) is 0 Å². The number of anilines is 6. The third-order valence-electron chi connectivity index (χ3n) is 16.3. The Morgan fingerprint density at radius 1 is 0.319 bits per heavy atom. The van der Waals surface area contributed by atoms with E-state index in [0.717, 1.165) is 34.6 Å². The van der Waals surface area contributed by atoms with Gasteiger partial charge in [0.1, 0.15) is 0 Å². The molecule has 0 N–H and O–H groups in total. The van der Waals surface area contributed by atoms with E-state index in [1.54, 1.807) is 0 Å². The molecule has 3 aliphatic rings. The summed E-state index contributed by atoms with van der Waals surface area (Å²) in [6.45, 7) is 4.77. The van der Waals surface area contributed by atoms with Gasteiger partial charge in [-0.1, -0.05) is 184 Å². The lowest BCUT2D eigenvalue weighted by atomic mass is 9.82. The molecule has 0 aromatic heterocycles. The summed E-state index contributed by atoms with van der Waals surface area (Å²) < 4.78 is 0. The van der Waals surface area contributed by atoms with Gasteiger partial charge in [0.05, 0.1) is 0 Å². The van der Waals surface area contributed by atoms with Crippen LogP contribution in [0.15, 0.2) is 249 Å². The minimum atomic E-state index is -0.106. The van der Waals surface area contributed by atoms with Crippen molar-refractivity contribution in [3.8, 4) is 55.6 Å². The number of rotatable bonds is 11. The predicted molar refractivity (Wildman–Crippen MR) is 303 cm³/mol. The van der Waals surface area contributed by atoms with Crippen LogP contribution in [0.4, 0.5) is 34.1 Å². The molecule has 2 bridgehead atoms. The summed E-state index contributed by atoms with van der Waals surface area (Å²) in [5.41, 5.74) is 23.3. The maximum atomic E-state index is 2.51. The van der Waals surface area contributed by atoms with Crippen molar-refractivity contribution in [3.05, 3.63) is 265 Å². The summed E-state index contributed by atoms with van der Waals surface area (Å²) in [5, 5.41) is 0. The molecule has 3 aliphatic carbocycles. The minimum absolute atomic E-state index is 0.106. The quantitative estimate of drug-likeness (QED) is 0.128. The molecule has 13 rings (SSSR count). The van der Waals surface area contributed by atoms with Gasteiger partial charge in [-0.25, -0.2) is 0 Å². The summed E-state index contributed by atoms with van der Waals surface area (Å²) in [4.78, 5) is 4.84. The SMILES string of the molecule is CC1(C)c2ccccc2-c2ccc(N(c3ccc(-c4cc(-c5ccccc5)c(-c5ccc(N(c6ccccc6)c6ccccc6)cc5)cc4-c4ccccc4)cc3)c3cccc(C4CC5CCC4C5)c3)cc21. The van der Waals surface area contributed by atoms with Crippen LogP contribution in [0.25, 0.3) is 55.6 Å². The van der Waals surface area contributed by atoms with Crippen molar-refractivity contribution in [3.63, 3.8) is 0 Å². The third kappa shape index (κ3) is 7.83. The maximum Gasteiger partial charge on any atom is 0.0465 e. The molecule has 0 amide bonds. The summed E-state index contributed by atoms with van der Waals surface area (Å²) in [5.74, 6) is 2.35. The summed E-state index contributed by atoms with van der Waals surface area (Å²) in [7, 11) is 0. The van der Waals surface area contributed by atoms with Gasteiger partial charge >= 0.3 is 0 Å². The highest BCUT2D eigenvalue weighted by Gasteiger charge is 2.40. The summed E-state index contributed by atoms with van der Waals surface area (Å²) >= 11 is 0. The average molecular weight is 927 g/mol. The van der Waals surface area contributed by atoms with Crippen molar-refractivity contribution in [1.29, 1.82) is 0 Å². The Morgan fingerprint density at radius 3 is 1.28 bits per heavy atom. The van der Waals surface area contributed by atoms with Crippen molar-refractivity contribution in [2.45, 2.75) is 50.9 Å². The minimum Gasteiger partial charge on any atom is -0.311 e. The number of para-hydroxylation sites is 2. The van der Waals surface area contributed by atoms with Crippen LogP contribution in [-0.2, 0) is 5.41 Å². The predicted octanol–water partition coefficient (Wildman–Crippen LogP) is 19.5. The van der Waals surface area contributed by atoms with E-state index >= 15 is 0 Å². The van der Waals surface area contributed by atoms with E-state index in [4.69, 9.17) is 0 Å². The molecular formula is C70H58N2. The fourth-order valence-corrected chi connectivity index (χ4v) is 12.8. The first kappa shape index (κ1) is 43.8. The molecule has 2 saturated carbocycles. The van der Waals surface area contributed by atoms with Crippen molar-refractivity contribution >= 4 is 34.1 Å². The lowest BCUT2D eigenvalue weighted by molar-refractivity contribution is 0.420. The van der Waals surface area contributed by atoms with E-state index < -0.39 is 0 Å². The van der Waals surface area contributed by atoms with E-state index in [2.05, 4.69) is 272 Å². The van der Waals surface area contributed by atoms with Crippen LogP contribution in [0.2, 0.25) is 0 Å². The van der Waals surface area contributed by atoms with E-state index in [-0.39, 0.29) is 5.41 Å². The van der Waals surface area contributed by atoms with Crippen LogP contribution in [0, 0.1) is 11.8 Å². The monoisotopic (exact) mass is 926 g/mol. The van der Waals surface area contributed by atoms with Gasteiger partial charge in [0.25, 0.3) is 0 Å². The Labute approximate surface area is 425 Å². The molecular weight excluding hydrogens is 869 g/mol. The van der Waals surface area contributed by atoms with E-state index in [9.17, 15) is 0 Å². The number of hydrogen-bond donors (Lipinski definition) is 0. The molecule has 2 fully saturated rings. The molecule has 3 atom stereocenters. The highest BCUT2D eigenvalue weighted by Crippen LogP contribution is 2.55. The molecule has 2 heteroatoms. The highest BCUT2D eigenvalue weighted by molar-refractivity contribution is 5.96. The Balaban J connectivity index is 0.931. The van der Waals surface area contributed by atoms with Gasteiger partial charge in [-0.15, -0.1) is 0 Å². The number of benzene rings is 10. The second-order valence-corrected chi connectivity index (χ2v) is 20.9. The second-order valence-electron chi connectivity index (χ2n) is 20.9. The second kappa shape index (κ2) is 18.2. The van der Waals surface area contributed by atoms with Crippen LogP contribution in [0.5, 0.6) is 0 Å². The van der Waals surface area contributed by atoms with Crippen LogP contribution in [0.1, 0.15) is 62.1 Å². The van der Waals surface area contributed by atoms with Crippen LogP contribution >= 0.6 is 0 Å². The Hall–Kier alpha value is -8.20. The van der Waals surface area contributed by atoms with Gasteiger partial charge < -0.3 is 9.80 Å². The molecule has 0 aliphatic heterocycles. The molecule has 3 unspecified atom stereocenters. The Morgan fingerprint density at radius 2 is 0.750 bits per heavy atom. The normalized spacial score (nSPS) is 17.1. The Bertz CT molecular complexity index is 3500.